The SMILES string of the molecule is N#Cc1ncn(CCCC(=O)Nc2ccc(F)cc2N)n1. The molecule has 0 aliphatic heterocycles. The number of rotatable bonds is 5. The highest BCUT2D eigenvalue weighted by Crippen LogP contribution is 2.19. The molecule has 0 aliphatic carbocycles. The minimum atomic E-state index is -0.454. The molecule has 0 fully saturated rings. The minimum absolute atomic E-state index is 0.0959. The maximum atomic E-state index is 12.9. The fourth-order valence-corrected chi connectivity index (χ4v) is 1.72. The number of carbonyl (C=O) groups is 1. The van der Waals surface area contributed by atoms with Gasteiger partial charge in [-0.25, -0.2) is 9.37 Å². The topological polar surface area (TPSA) is 110 Å². The molecule has 0 saturated heterocycles. The number of nitrogens with zero attached hydrogens (tertiary/aromatic N) is 4. The van der Waals surface area contributed by atoms with Gasteiger partial charge in [0.25, 0.3) is 5.82 Å². The lowest BCUT2D eigenvalue weighted by Crippen LogP contribution is -2.14. The molecule has 2 rings (SSSR count). The summed E-state index contributed by atoms with van der Waals surface area (Å²) in [4.78, 5) is 15.5. The molecule has 0 radical (unpaired) electrons. The van der Waals surface area contributed by atoms with Crippen molar-refractivity contribution in [3.63, 3.8) is 0 Å². The molecule has 21 heavy (non-hydrogen) atoms. The summed E-state index contributed by atoms with van der Waals surface area (Å²) in [6.45, 7) is 0.473. The summed E-state index contributed by atoms with van der Waals surface area (Å²) < 4.78 is 14.4. The fourth-order valence-electron chi connectivity index (χ4n) is 1.72. The second-order valence-electron chi connectivity index (χ2n) is 4.33. The van der Waals surface area contributed by atoms with Crippen molar-refractivity contribution in [3.05, 3.63) is 36.2 Å². The van der Waals surface area contributed by atoms with Crippen LogP contribution in [0.3, 0.4) is 0 Å². The largest absolute Gasteiger partial charge is 0.397 e. The van der Waals surface area contributed by atoms with Crippen molar-refractivity contribution in [2.24, 2.45) is 0 Å². The van der Waals surface area contributed by atoms with E-state index in [9.17, 15) is 9.18 Å². The Labute approximate surface area is 120 Å². The Morgan fingerprint density at radius 2 is 2.33 bits per heavy atom. The van der Waals surface area contributed by atoms with E-state index in [4.69, 9.17) is 11.0 Å². The summed E-state index contributed by atoms with van der Waals surface area (Å²) >= 11 is 0. The minimum Gasteiger partial charge on any atom is -0.397 e. The molecule has 3 N–H and O–H groups in total. The zero-order valence-corrected chi connectivity index (χ0v) is 11.1. The number of hydrogen-bond acceptors (Lipinski definition) is 5. The molecule has 0 saturated carbocycles. The standard InChI is InChI=1S/C13H13FN6O/c14-9-3-4-11(10(16)6-9)18-13(21)2-1-5-20-8-17-12(7-15)19-20/h3-4,6,8H,1-2,5,16H2,(H,18,21). The Balaban J connectivity index is 1.81. The molecule has 1 heterocycles. The third-order valence-electron chi connectivity index (χ3n) is 2.72. The van der Waals surface area contributed by atoms with E-state index in [1.165, 1.54) is 23.1 Å². The Morgan fingerprint density at radius 3 is 3.00 bits per heavy atom. The van der Waals surface area contributed by atoms with Gasteiger partial charge in [0, 0.05) is 13.0 Å². The molecule has 108 valence electrons. The molecule has 1 amide bonds. The van der Waals surface area contributed by atoms with Crippen LogP contribution in [0.2, 0.25) is 0 Å². The zero-order chi connectivity index (χ0) is 15.2. The zero-order valence-electron chi connectivity index (χ0n) is 11.1. The normalized spacial score (nSPS) is 10.1. The van der Waals surface area contributed by atoms with Crippen LogP contribution in [0.25, 0.3) is 0 Å². The molecule has 1 aromatic carbocycles. The molecular formula is C13H13FN6O. The predicted molar refractivity (Wildman–Crippen MR) is 73.4 cm³/mol. The van der Waals surface area contributed by atoms with Gasteiger partial charge in [-0.05, 0) is 24.6 Å². The van der Waals surface area contributed by atoms with Gasteiger partial charge < -0.3 is 11.1 Å². The number of hydrogen-bond donors (Lipinski definition) is 2. The van der Waals surface area contributed by atoms with Gasteiger partial charge in [-0.3, -0.25) is 9.48 Å². The van der Waals surface area contributed by atoms with Crippen molar-refractivity contribution in [1.82, 2.24) is 14.8 Å². The van der Waals surface area contributed by atoms with Crippen molar-refractivity contribution in [2.75, 3.05) is 11.1 Å². The van der Waals surface area contributed by atoms with Crippen molar-refractivity contribution < 1.29 is 9.18 Å². The van der Waals surface area contributed by atoms with Crippen molar-refractivity contribution >= 4 is 17.3 Å². The second kappa shape index (κ2) is 6.47. The van der Waals surface area contributed by atoms with Crippen LogP contribution in [-0.2, 0) is 11.3 Å². The van der Waals surface area contributed by atoms with Crippen molar-refractivity contribution in [1.29, 1.82) is 5.26 Å². The maximum absolute atomic E-state index is 12.9. The molecule has 2 aromatic rings. The first-order valence-corrected chi connectivity index (χ1v) is 6.23. The highest BCUT2D eigenvalue weighted by molar-refractivity contribution is 5.93. The lowest BCUT2D eigenvalue weighted by atomic mass is 10.2. The van der Waals surface area contributed by atoms with Gasteiger partial charge in [0.05, 0.1) is 11.4 Å². The number of aromatic nitrogens is 3. The van der Waals surface area contributed by atoms with Crippen LogP contribution in [0.15, 0.2) is 24.5 Å². The summed E-state index contributed by atoms with van der Waals surface area (Å²) in [6.07, 6.45) is 2.22. The number of nitriles is 1. The van der Waals surface area contributed by atoms with Crippen molar-refractivity contribution in [3.8, 4) is 6.07 Å². The van der Waals surface area contributed by atoms with Gasteiger partial charge in [0.15, 0.2) is 0 Å². The predicted octanol–water partition coefficient (Wildman–Crippen LogP) is 1.29. The monoisotopic (exact) mass is 288 g/mol. The van der Waals surface area contributed by atoms with E-state index in [0.717, 1.165) is 6.07 Å². The molecule has 0 aliphatic rings. The number of anilines is 2. The van der Waals surface area contributed by atoms with Crippen LogP contribution in [-0.4, -0.2) is 20.7 Å². The number of nitrogen functional groups attached to an aromatic ring is 1. The number of benzene rings is 1. The van der Waals surface area contributed by atoms with Crippen LogP contribution in [0.5, 0.6) is 0 Å². The van der Waals surface area contributed by atoms with E-state index < -0.39 is 5.82 Å². The lowest BCUT2D eigenvalue weighted by Gasteiger charge is -2.08. The lowest BCUT2D eigenvalue weighted by molar-refractivity contribution is -0.116. The van der Waals surface area contributed by atoms with E-state index in [1.54, 1.807) is 0 Å². The molecule has 8 heteroatoms. The summed E-state index contributed by atoms with van der Waals surface area (Å²) in [5.41, 5.74) is 6.16. The fraction of sp³-hybridized carbons (Fsp3) is 0.231. The molecule has 1 aromatic heterocycles. The number of halogens is 1. The summed E-state index contributed by atoms with van der Waals surface area (Å²) in [7, 11) is 0. The van der Waals surface area contributed by atoms with E-state index >= 15 is 0 Å². The summed E-state index contributed by atoms with van der Waals surface area (Å²) in [5.74, 6) is -0.586. The molecule has 0 spiro atoms. The average molecular weight is 288 g/mol. The molecular weight excluding hydrogens is 275 g/mol. The molecule has 7 nitrogen and oxygen atoms in total. The number of nitrogens with two attached hydrogens (primary N) is 1. The quantitative estimate of drug-likeness (QED) is 0.805. The van der Waals surface area contributed by atoms with Gasteiger partial charge in [-0.2, -0.15) is 5.26 Å². The Kier molecular flexibility index (Phi) is 4.46. The van der Waals surface area contributed by atoms with Crippen LogP contribution in [0.1, 0.15) is 18.7 Å². The van der Waals surface area contributed by atoms with Gasteiger partial charge in [0.1, 0.15) is 18.2 Å². The highest BCUT2D eigenvalue weighted by atomic mass is 19.1. The maximum Gasteiger partial charge on any atom is 0.252 e. The summed E-state index contributed by atoms with van der Waals surface area (Å²) in [6, 6.07) is 5.61. The van der Waals surface area contributed by atoms with E-state index in [0.29, 0.717) is 18.7 Å². The van der Waals surface area contributed by atoms with Crippen LogP contribution in [0, 0.1) is 17.1 Å². The smallest absolute Gasteiger partial charge is 0.252 e. The first-order valence-electron chi connectivity index (χ1n) is 6.23. The van der Waals surface area contributed by atoms with Gasteiger partial charge in [0.2, 0.25) is 5.91 Å². The van der Waals surface area contributed by atoms with E-state index in [2.05, 4.69) is 15.4 Å². The Hall–Kier alpha value is -2.95. The molecule has 0 atom stereocenters. The number of nitrogens with one attached hydrogen (secondary N) is 1. The number of aryl methyl sites for hydroxylation is 1. The molecule has 0 unspecified atom stereocenters. The molecule has 0 bridgehead atoms. The third kappa shape index (κ3) is 4.01. The Bertz CT molecular complexity index is 690. The summed E-state index contributed by atoms with van der Waals surface area (Å²) in [5, 5.41) is 15.1. The first-order chi connectivity index (χ1) is 10.1. The van der Waals surface area contributed by atoms with E-state index in [1.807, 2.05) is 6.07 Å². The second-order valence-corrected chi connectivity index (χ2v) is 4.33. The Morgan fingerprint density at radius 1 is 1.52 bits per heavy atom. The van der Waals surface area contributed by atoms with E-state index in [-0.39, 0.29) is 23.8 Å². The van der Waals surface area contributed by atoms with Crippen LogP contribution in [0.4, 0.5) is 15.8 Å². The number of carbonyl (C=O) groups excluding carboxylic acids is 1. The first kappa shape index (κ1) is 14.5. The van der Waals surface area contributed by atoms with Crippen LogP contribution < -0.4 is 11.1 Å². The third-order valence-corrected chi connectivity index (χ3v) is 2.72. The highest BCUT2D eigenvalue weighted by Gasteiger charge is 2.07. The van der Waals surface area contributed by atoms with Gasteiger partial charge in [-0.15, -0.1) is 5.10 Å². The number of amides is 1. The van der Waals surface area contributed by atoms with Gasteiger partial charge in [-0.1, -0.05) is 0 Å². The van der Waals surface area contributed by atoms with Crippen molar-refractivity contribution in [2.45, 2.75) is 19.4 Å². The van der Waals surface area contributed by atoms with Crippen LogP contribution >= 0.6 is 0 Å². The van der Waals surface area contributed by atoms with Gasteiger partial charge >= 0.3 is 0 Å². The average Bonchev–Trinajstić information content (AvgIpc) is 2.90.